The fourth-order valence-electron chi connectivity index (χ4n) is 1.70. The van der Waals surface area contributed by atoms with Crippen LogP contribution in [0.15, 0.2) is 41.2 Å². The molecule has 102 valence electrons. The molecular weight excluding hydrogens is 269 g/mol. The van der Waals surface area contributed by atoms with Gasteiger partial charge in [0.1, 0.15) is 5.82 Å². The first-order valence-corrected chi connectivity index (χ1v) is 5.61. The SMILES string of the molecule is C#CCn1c(-c2ccccc2)nc(C(F)(F)F)cc1=O. The number of hydrogen-bond acceptors (Lipinski definition) is 2. The highest BCUT2D eigenvalue weighted by molar-refractivity contribution is 5.55. The zero-order valence-electron chi connectivity index (χ0n) is 10.2. The van der Waals surface area contributed by atoms with E-state index in [9.17, 15) is 18.0 Å². The summed E-state index contributed by atoms with van der Waals surface area (Å²) >= 11 is 0. The van der Waals surface area contributed by atoms with E-state index in [1.54, 1.807) is 30.3 Å². The van der Waals surface area contributed by atoms with E-state index in [-0.39, 0.29) is 12.4 Å². The fraction of sp³-hybridized carbons (Fsp3) is 0.143. The topological polar surface area (TPSA) is 34.9 Å². The smallest absolute Gasteiger partial charge is 0.281 e. The van der Waals surface area contributed by atoms with Crippen molar-refractivity contribution in [3.05, 3.63) is 52.4 Å². The molecule has 0 fully saturated rings. The maximum absolute atomic E-state index is 12.7. The number of benzene rings is 1. The minimum atomic E-state index is -4.68. The number of hydrogen-bond donors (Lipinski definition) is 0. The second kappa shape index (κ2) is 5.21. The number of nitrogens with zero attached hydrogens (tertiary/aromatic N) is 2. The van der Waals surface area contributed by atoms with Crippen LogP contribution in [0.5, 0.6) is 0 Å². The van der Waals surface area contributed by atoms with Crippen LogP contribution in [0.2, 0.25) is 0 Å². The maximum atomic E-state index is 12.7. The molecule has 0 aliphatic rings. The normalized spacial score (nSPS) is 11.1. The molecule has 1 heterocycles. The summed E-state index contributed by atoms with van der Waals surface area (Å²) in [7, 11) is 0. The molecule has 2 aromatic rings. The Bertz CT molecular complexity index is 712. The quantitative estimate of drug-likeness (QED) is 0.791. The van der Waals surface area contributed by atoms with E-state index in [0.29, 0.717) is 11.6 Å². The third kappa shape index (κ3) is 2.72. The summed E-state index contributed by atoms with van der Waals surface area (Å²) in [6.07, 6.45) is 0.458. The van der Waals surface area contributed by atoms with Gasteiger partial charge in [-0.15, -0.1) is 6.42 Å². The lowest BCUT2D eigenvalue weighted by Crippen LogP contribution is -2.25. The molecule has 0 atom stereocenters. The monoisotopic (exact) mass is 278 g/mol. The van der Waals surface area contributed by atoms with Crippen molar-refractivity contribution < 1.29 is 13.2 Å². The van der Waals surface area contributed by atoms with Crippen LogP contribution in [0.25, 0.3) is 11.4 Å². The lowest BCUT2D eigenvalue weighted by atomic mass is 10.2. The molecule has 1 aromatic heterocycles. The Labute approximate surface area is 112 Å². The minimum Gasteiger partial charge on any atom is -0.281 e. The van der Waals surface area contributed by atoms with E-state index in [4.69, 9.17) is 6.42 Å². The molecule has 0 unspecified atom stereocenters. The Morgan fingerprint density at radius 2 is 1.90 bits per heavy atom. The van der Waals surface area contributed by atoms with Gasteiger partial charge in [-0.05, 0) is 0 Å². The highest BCUT2D eigenvalue weighted by Gasteiger charge is 2.34. The molecule has 1 aromatic carbocycles. The van der Waals surface area contributed by atoms with Gasteiger partial charge in [0.15, 0.2) is 5.69 Å². The van der Waals surface area contributed by atoms with Crippen molar-refractivity contribution in [2.45, 2.75) is 12.7 Å². The van der Waals surface area contributed by atoms with Crippen molar-refractivity contribution in [2.24, 2.45) is 0 Å². The lowest BCUT2D eigenvalue weighted by Gasteiger charge is -2.12. The van der Waals surface area contributed by atoms with Gasteiger partial charge in [0.25, 0.3) is 5.56 Å². The molecular formula is C14H9F3N2O. The Kier molecular flexibility index (Phi) is 3.61. The Hall–Kier alpha value is -2.55. The van der Waals surface area contributed by atoms with Crippen LogP contribution in [0.3, 0.4) is 0 Å². The van der Waals surface area contributed by atoms with Crippen LogP contribution < -0.4 is 5.56 Å². The summed E-state index contributed by atoms with van der Waals surface area (Å²) in [6, 6.07) is 8.57. The summed E-state index contributed by atoms with van der Waals surface area (Å²) < 4.78 is 39.2. The van der Waals surface area contributed by atoms with E-state index < -0.39 is 17.4 Å². The molecule has 0 aliphatic heterocycles. The molecule has 0 radical (unpaired) electrons. The number of halogens is 3. The second-order valence-corrected chi connectivity index (χ2v) is 3.96. The van der Waals surface area contributed by atoms with Gasteiger partial charge in [-0.1, -0.05) is 36.3 Å². The highest BCUT2D eigenvalue weighted by Crippen LogP contribution is 2.28. The minimum absolute atomic E-state index is 0.0941. The summed E-state index contributed by atoms with van der Waals surface area (Å²) in [4.78, 5) is 15.3. The predicted octanol–water partition coefficient (Wildman–Crippen LogP) is 2.56. The molecule has 3 nitrogen and oxygen atoms in total. The molecule has 0 aliphatic carbocycles. The molecule has 0 N–H and O–H groups in total. The molecule has 2 rings (SSSR count). The van der Waals surface area contributed by atoms with Gasteiger partial charge >= 0.3 is 6.18 Å². The highest BCUT2D eigenvalue weighted by atomic mass is 19.4. The molecule has 6 heteroatoms. The number of terminal acetylenes is 1. The van der Waals surface area contributed by atoms with Crippen LogP contribution in [0.4, 0.5) is 13.2 Å². The van der Waals surface area contributed by atoms with Crippen LogP contribution >= 0.6 is 0 Å². The van der Waals surface area contributed by atoms with E-state index in [1.165, 1.54) is 0 Å². The Balaban J connectivity index is 2.73. The van der Waals surface area contributed by atoms with Crippen molar-refractivity contribution in [1.29, 1.82) is 0 Å². The zero-order chi connectivity index (χ0) is 14.8. The van der Waals surface area contributed by atoms with Gasteiger partial charge < -0.3 is 0 Å². The Morgan fingerprint density at radius 1 is 1.25 bits per heavy atom. The van der Waals surface area contributed by atoms with Crippen LogP contribution in [-0.4, -0.2) is 9.55 Å². The van der Waals surface area contributed by atoms with E-state index >= 15 is 0 Å². The number of aromatic nitrogens is 2. The van der Waals surface area contributed by atoms with Crippen LogP contribution in [-0.2, 0) is 12.7 Å². The first kappa shape index (κ1) is 13.9. The maximum Gasteiger partial charge on any atom is 0.433 e. The van der Waals surface area contributed by atoms with Crippen molar-refractivity contribution in [3.8, 4) is 23.7 Å². The van der Waals surface area contributed by atoms with Crippen LogP contribution in [0.1, 0.15) is 5.69 Å². The zero-order valence-corrected chi connectivity index (χ0v) is 10.2. The molecule has 20 heavy (non-hydrogen) atoms. The van der Waals surface area contributed by atoms with Crippen molar-refractivity contribution in [3.63, 3.8) is 0 Å². The third-order valence-corrected chi connectivity index (χ3v) is 2.58. The first-order valence-electron chi connectivity index (χ1n) is 5.61. The first-order chi connectivity index (χ1) is 9.43. The summed E-state index contributed by atoms with van der Waals surface area (Å²) in [5.41, 5.74) is -1.66. The third-order valence-electron chi connectivity index (χ3n) is 2.58. The molecule has 0 amide bonds. The molecule has 0 saturated heterocycles. The lowest BCUT2D eigenvalue weighted by molar-refractivity contribution is -0.141. The van der Waals surface area contributed by atoms with Gasteiger partial charge in [0, 0.05) is 11.6 Å². The van der Waals surface area contributed by atoms with Gasteiger partial charge in [-0.25, -0.2) is 4.98 Å². The standard InChI is InChI=1S/C14H9F3N2O/c1-2-8-19-12(20)9-11(14(15,16)17)18-13(19)10-6-4-3-5-7-10/h1,3-7,9H,8H2. The van der Waals surface area contributed by atoms with Gasteiger partial charge in [0.05, 0.1) is 6.54 Å². The summed E-state index contributed by atoms with van der Waals surface area (Å²) in [6.45, 7) is -0.145. The van der Waals surface area contributed by atoms with Gasteiger partial charge in [-0.2, -0.15) is 13.2 Å². The van der Waals surface area contributed by atoms with Crippen molar-refractivity contribution in [2.75, 3.05) is 0 Å². The number of rotatable bonds is 2. The van der Waals surface area contributed by atoms with E-state index in [2.05, 4.69) is 10.9 Å². The van der Waals surface area contributed by atoms with Crippen molar-refractivity contribution >= 4 is 0 Å². The van der Waals surface area contributed by atoms with Gasteiger partial charge in [-0.3, -0.25) is 9.36 Å². The summed E-state index contributed by atoms with van der Waals surface area (Å²) in [5.74, 6) is 2.14. The number of alkyl halides is 3. The largest absolute Gasteiger partial charge is 0.433 e. The predicted molar refractivity (Wildman–Crippen MR) is 67.8 cm³/mol. The van der Waals surface area contributed by atoms with Gasteiger partial charge in [0.2, 0.25) is 0 Å². The van der Waals surface area contributed by atoms with E-state index in [0.717, 1.165) is 4.57 Å². The Morgan fingerprint density at radius 3 is 2.45 bits per heavy atom. The van der Waals surface area contributed by atoms with Crippen LogP contribution in [0, 0.1) is 12.3 Å². The average molecular weight is 278 g/mol. The van der Waals surface area contributed by atoms with Crippen molar-refractivity contribution in [1.82, 2.24) is 9.55 Å². The molecule has 0 spiro atoms. The molecule has 0 saturated carbocycles. The fourth-order valence-corrected chi connectivity index (χ4v) is 1.70. The second-order valence-electron chi connectivity index (χ2n) is 3.96. The summed E-state index contributed by atoms with van der Waals surface area (Å²) in [5, 5.41) is 0. The molecule has 0 bridgehead atoms. The van der Waals surface area contributed by atoms with E-state index in [1.807, 2.05) is 0 Å². The average Bonchev–Trinajstić information content (AvgIpc) is 2.41.